The molecule has 0 aliphatic carbocycles. The van der Waals surface area contributed by atoms with Crippen LogP contribution in [0.1, 0.15) is 11.3 Å². The normalized spacial score (nSPS) is 11.7. The lowest BCUT2D eigenvalue weighted by atomic mass is 10.3. The average molecular weight is 268 g/mol. The van der Waals surface area contributed by atoms with Crippen molar-refractivity contribution in [2.45, 2.75) is 18.7 Å². The van der Waals surface area contributed by atoms with E-state index in [-0.39, 0.29) is 10.8 Å². The molecular weight excluding hydrogens is 256 g/mol. The van der Waals surface area contributed by atoms with Crippen LogP contribution in [0.4, 0.5) is 0 Å². The Hall–Kier alpha value is -1.86. The fourth-order valence-corrected chi connectivity index (χ4v) is 2.01. The van der Waals surface area contributed by atoms with Gasteiger partial charge in [-0.25, -0.2) is 4.68 Å². The van der Waals surface area contributed by atoms with Crippen molar-refractivity contribution in [3.05, 3.63) is 35.5 Å². The molecule has 2 N–H and O–H groups in total. The number of aromatic nitrogens is 2. The van der Waals surface area contributed by atoms with E-state index in [1.165, 1.54) is 28.9 Å². The first-order valence-electron chi connectivity index (χ1n) is 5.14. The predicted molar refractivity (Wildman–Crippen MR) is 64.5 cm³/mol. The van der Waals surface area contributed by atoms with E-state index in [2.05, 4.69) is 5.10 Å². The number of aryl methyl sites for hydroxylation is 1. The van der Waals surface area contributed by atoms with Gasteiger partial charge in [0.1, 0.15) is 0 Å². The Balaban J connectivity index is 2.50. The first-order chi connectivity index (χ1) is 8.30. The zero-order chi connectivity index (χ0) is 13.5. The van der Waals surface area contributed by atoms with E-state index >= 15 is 0 Å². The maximum Gasteiger partial charge on any atom is 0.294 e. The Morgan fingerprint density at radius 2 is 1.72 bits per heavy atom. The Morgan fingerprint density at radius 3 is 2.11 bits per heavy atom. The van der Waals surface area contributed by atoms with Gasteiger partial charge in [0.25, 0.3) is 10.1 Å². The third-order valence-corrected chi connectivity index (χ3v) is 3.58. The van der Waals surface area contributed by atoms with Crippen LogP contribution in [0.25, 0.3) is 5.69 Å². The zero-order valence-corrected chi connectivity index (χ0v) is 10.6. The number of aromatic hydroxyl groups is 1. The van der Waals surface area contributed by atoms with Gasteiger partial charge < -0.3 is 5.11 Å². The topological polar surface area (TPSA) is 92.4 Å². The fraction of sp³-hybridized carbons (Fsp3) is 0.182. The molecular formula is C11H12N2O4S. The maximum absolute atomic E-state index is 10.9. The summed E-state index contributed by atoms with van der Waals surface area (Å²) in [6.45, 7) is 3.50. The molecule has 0 saturated heterocycles. The molecule has 7 heteroatoms. The molecule has 0 fully saturated rings. The molecule has 0 aliphatic rings. The molecule has 0 atom stereocenters. The first-order valence-corrected chi connectivity index (χ1v) is 6.58. The Kier molecular flexibility index (Phi) is 2.88. The molecule has 0 aliphatic heterocycles. The predicted octanol–water partition coefficient (Wildman–Crippen LogP) is 1.44. The molecule has 0 saturated carbocycles. The minimum Gasteiger partial charge on any atom is -0.493 e. The third-order valence-electron chi connectivity index (χ3n) is 2.71. The molecule has 1 aromatic carbocycles. The quantitative estimate of drug-likeness (QED) is 0.804. The van der Waals surface area contributed by atoms with E-state index < -0.39 is 10.1 Å². The molecule has 0 bridgehead atoms. The SMILES string of the molecule is Cc1nn(-c2ccc(S(=O)(=O)O)cc2)c(O)c1C. The molecule has 2 aromatic rings. The van der Waals surface area contributed by atoms with Crippen molar-refractivity contribution in [1.82, 2.24) is 9.78 Å². The van der Waals surface area contributed by atoms with Crippen molar-refractivity contribution in [2.75, 3.05) is 0 Å². The summed E-state index contributed by atoms with van der Waals surface area (Å²) in [5.74, 6) is 0.00658. The van der Waals surface area contributed by atoms with E-state index in [0.717, 1.165) is 0 Å². The number of hydrogen-bond donors (Lipinski definition) is 2. The molecule has 0 radical (unpaired) electrons. The lowest BCUT2D eigenvalue weighted by molar-refractivity contribution is 0.430. The van der Waals surface area contributed by atoms with Crippen molar-refractivity contribution in [3.63, 3.8) is 0 Å². The smallest absolute Gasteiger partial charge is 0.294 e. The minimum absolute atomic E-state index is 0.00658. The molecule has 18 heavy (non-hydrogen) atoms. The lowest BCUT2D eigenvalue weighted by Crippen LogP contribution is -2.00. The maximum atomic E-state index is 10.9. The number of rotatable bonds is 2. The Bertz CT molecular complexity index is 687. The van der Waals surface area contributed by atoms with E-state index in [4.69, 9.17) is 4.55 Å². The Labute approximate surface area is 104 Å². The largest absolute Gasteiger partial charge is 0.493 e. The van der Waals surface area contributed by atoms with E-state index in [1.807, 2.05) is 0 Å². The highest BCUT2D eigenvalue weighted by molar-refractivity contribution is 7.85. The third kappa shape index (κ3) is 2.09. The molecule has 1 aromatic heterocycles. The summed E-state index contributed by atoms with van der Waals surface area (Å²) >= 11 is 0. The monoisotopic (exact) mass is 268 g/mol. The lowest BCUT2D eigenvalue weighted by Gasteiger charge is -2.04. The Morgan fingerprint density at radius 1 is 1.17 bits per heavy atom. The van der Waals surface area contributed by atoms with Crippen LogP contribution >= 0.6 is 0 Å². The van der Waals surface area contributed by atoms with Crippen LogP contribution in [-0.4, -0.2) is 27.9 Å². The molecule has 1 heterocycles. The highest BCUT2D eigenvalue weighted by atomic mass is 32.2. The minimum atomic E-state index is -4.21. The van der Waals surface area contributed by atoms with Gasteiger partial charge in [0.05, 0.1) is 16.3 Å². The van der Waals surface area contributed by atoms with Gasteiger partial charge in [-0.15, -0.1) is 0 Å². The second-order valence-electron chi connectivity index (χ2n) is 3.91. The van der Waals surface area contributed by atoms with Gasteiger partial charge in [0, 0.05) is 5.56 Å². The van der Waals surface area contributed by atoms with Crippen molar-refractivity contribution in [3.8, 4) is 11.6 Å². The van der Waals surface area contributed by atoms with Crippen LogP contribution in [-0.2, 0) is 10.1 Å². The molecule has 0 unspecified atom stereocenters. The van der Waals surface area contributed by atoms with Crippen molar-refractivity contribution in [1.29, 1.82) is 0 Å². The van der Waals surface area contributed by atoms with Gasteiger partial charge in [-0.1, -0.05) is 0 Å². The second-order valence-corrected chi connectivity index (χ2v) is 5.34. The van der Waals surface area contributed by atoms with Gasteiger partial charge in [-0.2, -0.15) is 13.5 Å². The molecule has 0 amide bonds. The average Bonchev–Trinajstić information content (AvgIpc) is 2.56. The summed E-state index contributed by atoms with van der Waals surface area (Å²) in [7, 11) is -4.21. The van der Waals surface area contributed by atoms with Crippen molar-refractivity contribution in [2.24, 2.45) is 0 Å². The van der Waals surface area contributed by atoms with Crippen LogP contribution in [0.2, 0.25) is 0 Å². The molecule has 96 valence electrons. The van der Waals surface area contributed by atoms with Crippen LogP contribution < -0.4 is 0 Å². The second kappa shape index (κ2) is 4.11. The van der Waals surface area contributed by atoms with Crippen LogP contribution in [0.15, 0.2) is 29.2 Å². The highest BCUT2D eigenvalue weighted by Crippen LogP contribution is 2.24. The summed E-state index contributed by atoms with van der Waals surface area (Å²) in [5, 5.41) is 14.0. The van der Waals surface area contributed by atoms with Crippen LogP contribution in [0, 0.1) is 13.8 Å². The van der Waals surface area contributed by atoms with Gasteiger partial charge in [-0.05, 0) is 38.1 Å². The van der Waals surface area contributed by atoms with Gasteiger partial charge in [0.15, 0.2) is 0 Å². The van der Waals surface area contributed by atoms with Crippen LogP contribution in [0.5, 0.6) is 5.88 Å². The summed E-state index contributed by atoms with van der Waals surface area (Å²) in [5.41, 5.74) is 1.86. The molecule has 6 nitrogen and oxygen atoms in total. The van der Waals surface area contributed by atoms with Crippen molar-refractivity contribution < 1.29 is 18.1 Å². The molecule has 2 rings (SSSR count). The van der Waals surface area contributed by atoms with E-state index in [0.29, 0.717) is 16.9 Å². The molecule has 0 spiro atoms. The first kappa shape index (κ1) is 12.6. The van der Waals surface area contributed by atoms with E-state index in [1.54, 1.807) is 13.8 Å². The zero-order valence-electron chi connectivity index (χ0n) is 9.82. The summed E-state index contributed by atoms with van der Waals surface area (Å²) < 4.78 is 31.9. The standard InChI is InChI=1S/C11H12N2O4S/c1-7-8(2)12-13(11(7)14)9-3-5-10(6-4-9)18(15,16)17/h3-6,14H,1-2H3,(H,15,16,17). The van der Waals surface area contributed by atoms with Gasteiger partial charge >= 0.3 is 0 Å². The van der Waals surface area contributed by atoms with Gasteiger partial charge in [-0.3, -0.25) is 4.55 Å². The van der Waals surface area contributed by atoms with E-state index in [9.17, 15) is 13.5 Å². The number of nitrogens with zero attached hydrogens (tertiary/aromatic N) is 2. The summed E-state index contributed by atoms with van der Waals surface area (Å²) in [6.07, 6.45) is 0. The van der Waals surface area contributed by atoms with Crippen molar-refractivity contribution >= 4 is 10.1 Å². The highest BCUT2D eigenvalue weighted by Gasteiger charge is 2.13. The number of hydrogen-bond acceptors (Lipinski definition) is 4. The summed E-state index contributed by atoms with van der Waals surface area (Å²) in [6, 6.07) is 5.40. The summed E-state index contributed by atoms with van der Waals surface area (Å²) in [4.78, 5) is -0.202. The van der Waals surface area contributed by atoms with Gasteiger partial charge in [0.2, 0.25) is 5.88 Å². The fourth-order valence-electron chi connectivity index (χ4n) is 1.53. The van der Waals surface area contributed by atoms with Crippen LogP contribution in [0.3, 0.4) is 0 Å². The number of benzene rings is 1.